The number of H-pyrrole nitrogens is 1. The number of aromatic amines is 1. The van der Waals surface area contributed by atoms with Gasteiger partial charge in [-0.05, 0) is 42.7 Å². The number of benzene rings is 1. The van der Waals surface area contributed by atoms with Crippen LogP contribution in [-0.4, -0.2) is 32.0 Å². The first-order valence-electron chi connectivity index (χ1n) is 11.7. The van der Waals surface area contributed by atoms with Gasteiger partial charge in [-0.3, -0.25) is 14.6 Å². The maximum absolute atomic E-state index is 14.6. The van der Waals surface area contributed by atoms with Gasteiger partial charge in [0.15, 0.2) is 5.78 Å². The van der Waals surface area contributed by atoms with Gasteiger partial charge in [-0.25, -0.2) is 14.5 Å². The van der Waals surface area contributed by atoms with E-state index in [1.54, 1.807) is 24.4 Å². The Kier molecular flexibility index (Phi) is 6.86. The molecule has 1 fully saturated rings. The van der Waals surface area contributed by atoms with Crippen LogP contribution in [-0.2, 0) is 11.8 Å². The van der Waals surface area contributed by atoms with Crippen LogP contribution < -0.4 is 10.9 Å². The van der Waals surface area contributed by atoms with Gasteiger partial charge in [0.05, 0.1) is 17.6 Å². The molecule has 3 aromatic rings. The average molecular weight is 464 g/mol. The zero-order valence-electron chi connectivity index (χ0n) is 19.8. The van der Waals surface area contributed by atoms with Crippen molar-refractivity contribution in [2.75, 3.05) is 5.32 Å². The van der Waals surface area contributed by atoms with Gasteiger partial charge >= 0.3 is 0 Å². The summed E-state index contributed by atoms with van der Waals surface area (Å²) in [7, 11) is 0. The highest BCUT2D eigenvalue weighted by Crippen LogP contribution is 2.25. The molecule has 0 bridgehead atoms. The Morgan fingerprint density at radius 3 is 2.56 bits per heavy atom. The lowest BCUT2D eigenvalue weighted by atomic mass is 9.92. The third-order valence-electron chi connectivity index (χ3n) is 6.17. The Labute approximate surface area is 198 Å². The molecule has 2 aromatic heterocycles. The molecule has 0 aliphatic heterocycles. The van der Waals surface area contributed by atoms with Gasteiger partial charge in [-0.15, -0.1) is 0 Å². The molecule has 7 nitrogen and oxygen atoms in total. The minimum atomic E-state index is -0.485. The van der Waals surface area contributed by atoms with E-state index >= 15 is 0 Å². The summed E-state index contributed by atoms with van der Waals surface area (Å²) in [5.41, 5.74) is 2.31. The van der Waals surface area contributed by atoms with Gasteiger partial charge in [0, 0.05) is 29.6 Å². The van der Waals surface area contributed by atoms with Crippen LogP contribution in [0, 0.1) is 5.82 Å². The zero-order valence-corrected chi connectivity index (χ0v) is 19.8. The van der Waals surface area contributed by atoms with Crippen molar-refractivity contribution in [1.82, 2.24) is 20.2 Å². The second-order valence-corrected chi connectivity index (χ2v) is 9.92. The zero-order chi connectivity index (χ0) is 24.3. The van der Waals surface area contributed by atoms with E-state index in [-0.39, 0.29) is 40.5 Å². The maximum Gasteiger partial charge on any atom is 0.287 e. The molecular formula is C26H30FN5O2. The largest absolute Gasteiger partial charge is 0.378 e. The molecule has 178 valence electrons. The van der Waals surface area contributed by atoms with E-state index in [1.165, 1.54) is 18.7 Å². The lowest BCUT2D eigenvalue weighted by Gasteiger charge is -2.23. The van der Waals surface area contributed by atoms with Crippen molar-refractivity contribution in [1.29, 1.82) is 0 Å². The molecule has 0 saturated heterocycles. The van der Waals surface area contributed by atoms with Crippen molar-refractivity contribution < 1.29 is 9.18 Å². The van der Waals surface area contributed by atoms with Crippen molar-refractivity contribution in [3.8, 4) is 11.3 Å². The number of nitrogens with one attached hydrogen (secondary N) is 2. The molecule has 34 heavy (non-hydrogen) atoms. The van der Waals surface area contributed by atoms with Crippen molar-refractivity contribution in [3.05, 3.63) is 69.8 Å². The number of aromatic nitrogens is 4. The molecule has 0 unspecified atom stereocenters. The Morgan fingerprint density at radius 2 is 1.88 bits per heavy atom. The molecular weight excluding hydrogens is 433 g/mol. The highest BCUT2D eigenvalue weighted by Gasteiger charge is 2.19. The summed E-state index contributed by atoms with van der Waals surface area (Å²) in [6.45, 7) is 6.04. The van der Waals surface area contributed by atoms with Gasteiger partial charge in [-0.1, -0.05) is 40.0 Å². The van der Waals surface area contributed by atoms with E-state index in [4.69, 9.17) is 0 Å². The lowest BCUT2D eigenvalue weighted by Crippen LogP contribution is -2.26. The predicted molar refractivity (Wildman–Crippen MR) is 130 cm³/mol. The molecule has 4 rings (SSSR count). The summed E-state index contributed by atoms with van der Waals surface area (Å²) in [6.07, 6.45) is 8.44. The molecule has 2 heterocycles. The molecule has 0 radical (unpaired) electrons. The van der Waals surface area contributed by atoms with Gasteiger partial charge in [0.25, 0.3) is 5.56 Å². The topological polar surface area (TPSA) is 101 Å². The molecule has 2 N–H and O–H groups in total. The van der Waals surface area contributed by atoms with Crippen molar-refractivity contribution in [2.45, 2.75) is 70.8 Å². The van der Waals surface area contributed by atoms with Gasteiger partial charge in [0.2, 0.25) is 0 Å². The third kappa shape index (κ3) is 5.55. The van der Waals surface area contributed by atoms with Crippen LogP contribution in [0.25, 0.3) is 11.3 Å². The summed E-state index contributed by atoms with van der Waals surface area (Å²) < 4.78 is 14.6. The van der Waals surface area contributed by atoms with Gasteiger partial charge in [-0.2, -0.15) is 5.10 Å². The SMILES string of the molecule is CC(C)(C)c1cnc(C(=O)Cc2cc(-c3cc(NC4CCCCC4)c(=O)[nH]n3)ccc2F)cn1. The minimum absolute atomic E-state index is 0.153. The van der Waals surface area contributed by atoms with E-state index in [9.17, 15) is 14.0 Å². The van der Waals surface area contributed by atoms with E-state index in [0.29, 0.717) is 16.9 Å². The normalized spacial score (nSPS) is 14.7. The summed E-state index contributed by atoms with van der Waals surface area (Å²) in [4.78, 5) is 33.6. The number of halogens is 1. The van der Waals surface area contributed by atoms with E-state index in [0.717, 1.165) is 31.4 Å². The molecule has 1 aromatic carbocycles. The smallest absolute Gasteiger partial charge is 0.287 e. The number of rotatable bonds is 6. The van der Waals surface area contributed by atoms with Crippen LogP contribution in [0.15, 0.2) is 41.5 Å². The lowest BCUT2D eigenvalue weighted by molar-refractivity contribution is 0.0986. The Bertz CT molecular complexity index is 1230. The van der Waals surface area contributed by atoms with E-state index in [1.807, 2.05) is 20.8 Å². The summed E-state index contributed by atoms with van der Waals surface area (Å²) in [5, 5.41) is 9.99. The molecule has 8 heteroatoms. The number of carbonyl (C=O) groups excluding carboxylic acids is 1. The molecule has 0 amide bonds. The fourth-order valence-corrected chi connectivity index (χ4v) is 4.12. The first kappa shape index (κ1) is 23.7. The Hall–Kier alpha value is -3.42. The van der Waals surface area contributed by atoms with Crippen LogP contribution >= 0.6 is 0 Å². The molecule has 1 aliphatic rings. The quantitative estimate of drug-likeness (QED) is 0.508. The third-order valence-corrected chi connectivity index (χ3v) is 6.17. The number of hydrogen-bond donors (Lipinski definition) is 2. The average Bonchev–Trinajstić information content (AvgIpc) is 2.82. The van der Waals surface area contributed by atoms with Crippen molar-refractivity contribution in [3.63, 3.8) is 0 Å². The monoisotopic (exact) mass is 463 g/mol. The minimum Gasteiger partial charge on any atom is -0.378 e. The number of anilines is 1. The summed E-state index contributed by atoms with van der Waals surface area (Å²) in [5.74, 6) is -0.806. The van der Waals surface area contributed by atoms with Crippen LogP contribution in [0.2, 0.25) is 0 Å². The Morgan fingerprint density at radius 1 is 1.12 bits per heavy atom. The van der Waals surface area contributed by atoms with Crippen molar-refractivity contribution in [2.24, 2.45) is 0 Å². The number of nitrogens with zero attached hydrogens (tertiary/aromatic N) is 3. The van der Waals surface area contributed by atoms with Crippen LogP contribution in [0.1, 0.15) is 74.6 Å². The summed E-state index contributed by atoms with van der Waals surface area (Å²) in [6, 6.07) is 6.44. The maximum atomic E-state index is 14.6. The fraction of sp³-hybridized carbons (Fsp3) is 0.423. The second-order valence-electron chi connectivity index (χ2n) is 9.92. The number of carbonyl (C=O) groups is 1. The first-order valence-corrected chi connectivity index (χ1v) is 11.7. The predicted octanol–water partition coefficient (Wildman–Crippen LogP) is 4.83. The highest BCUT2D eigenvalue weighted by atomic mass is 19.1. The molecule has 1 saturated carbocycles. The van der Waals surface area contributed by atoms with Crippen molar-refractivity contribution >= 4 is 11.5 Å². The van der Waals surface area contributed by atoms with Gasteiger partial charge < -0.3 is 5.32 Å². The second kappa shape index (κ2) is 9.83. The molecule has 1 aliphatic carbocycles. The number of Topliss-reactive ketones (excluding diaryl/α,β-unsaturated/α-hetero) is 1. The Balaban J connectivity index is 1.54. The van der Waals surface area contributed by atoms with Crippen LogP contribution in [0.3, 0.4) is 0 Å². The number of ketones is 1. The van der Waals surface area contributed by atoms with Gasteiger partial charge in [0.1, 0.15) is 17.2 Å². The highest BCUT2D eigenvalue weighted by molar-refractivity contribution is 5.95. The van der Waals surface area contributed by atoms with E-state index in [2.05, 4.69) is 25.5 Å². The number of hydrogen-bond acceptors (Lipinski definition) is 6. The van der Waals surface area contributed by atoms with Crippen LogP contribution in [0.4, 0.5) is 10.1 Å². The summed E-state index contributed by atoms with van der Waals surface area (Å²) >= 11 is 0. The standard InChI is InChI=1S/C26H30FN5O2/c1-26(2,3)24-15-28-22(14-29-24)23(33)12-17-11-16(9-10-19(17)27)20-13-21(25(34)32-31-20)30-18-7-5-4-6-8-18/h9-11,13-15,18H,4-8,12H2,1-3H3,(H,30,31)(H,32,34). The van der Waals surface area contributed by atoms with E-state index < -0.39 is 5.82 Å². The molecule has 0 atom stereocenters. The first-order chi connectivity index (χ1) is 16.2. The molecule has 0 spiro atoms. The fourth-order valence-electron chi connectivity index (χ4n) is 4.12. The van der Waals surface area contributed by atoms with Crippen LogP contribution in [0.5, 0.6) is 0 Å².